The Morgan fingerprint density at radius 1 is 1.03 bits per heavy atom. The van der Waals surface area contributed by atoms with Gasteiger partial charge in [-0.3, -0.25) is 0 Å². The largest absolute Gasteiger partial charge is 0.332 e. The summed E-state index contributed by atoms with van der Waals surface area (Å²) in [6, 6.07) is 10.6. The number of hydrogen-bond donors (Lipinski definition) is 0. The highest BCUT2D eigenvalue weighted by molar-refractivity contribution is 5.79. The Hall–Kier alpha value is -2.62. The van der Waals surface area contributed by atoms with E-state index in [1.165, 1.54) is 5.69 Å². The molecular weight excluding hydrogens is 356 g/mol. The van der Waals surface area contributed by atoms with Gasteiger partial charge in [0.15, 0.2) is 11.6 Å². The highest BCUT2D eigenvalue weighted by Gasteiger charge is 2.51. The summed E-state index contributed by atoms with van der Waals surface area (Å²) in [7, 11) is 0. The van der Waals surface area contributed by atoms with Crippen LogP contribution in [0, 0.1) is 5.41 Å². The fraction of sp³-hybridized carbons (Fsp3) is 0.440. The summed E-state index contributed by atoms with van der Waals surface area (Å²) >= 11 is 0. The summed E-state index contributed by atoms with van der Waals surface area (Å²) < 4.78 is 0. The van der Waals surface area contributed by atoms with Crippen molar-refractivity contribution in [1.82, 2.24) is 9.97 Å². The minimum atomic E-state index is -0.0183. The fourth-order valence-corrected chi connectivity index (χ4v) is 4.53. The molecule has 1 fully saturated rings. The highest BCUT2D eigenvalue weighted by Crippen LogP contribution is 2.52. The van der Waals surface area contributed by atoms with E-state index in [1.807, 2.05) is 20.0 Å². The first kappa shape index (κ1) is 19.7. The predicted molar refractivity (Wildman–Crippen MR) is 122 cm³/mol. The topological polar surface area (TPSA) is 32.3 Å². The first-order chi connectivity index (χ1) is 14.0. The van der Waals surface area contributed by atoms with E-state index in [2.05, 4.69) is 85.2 Å². The third-order valence-electron chi connectivity index (χ3n) is 5.99. The van der Waals surface area contributed by atoms with E-state index >= 15 is 0 Å². The Labute approximate surface area is 175 Å². The monoisotopic (exact) mass is 388 g/mol. The number of anilines is 3. The Bertz CT molecular complexity index is 926. The van der Waals surface area contributed by atoms with Gasteiger partial charge >= 0.3 is 0 Å². The molecule has 2 aromatic rings. The summed E-state index contributed by atoms with van der Waals surface area (Å²) in [4.78, 5) is 14.9. The summed E-state index contributed by atoms with van der Waals surface area (Å²) in [6.45, 7) is 11.6. The van der Waals surface area contributed by atoms with E-state index in [0.29, 0.717) is 0 Å². The van der Waals surface area contributed by atoms with Gasteiger partial charge in [0.25, 0.3) is 0 Å². The van der Waals surface area contributed by atoms with Gasteiger partial charge in [-0.1, -0.05) is 77.1 Å². The van der Waals surface area contributed by atoms with Crippen LogP contribution >= 0.6 is 0 Å². The standard InChI is InChI=1S/C23H26N4.C2H6/c1-22(2,3)18-15-24-20-21(25-18)27(17-10-6-4-7-11-17)19-14-23(16-26(19)20)12-8-5-9-13-23;1-2/h4-12,15,19H,13-14,16H2,1-3H3;1-2H3. The lowest BCUT2D eigenvalue weighted by molar-refractivity contribution is 0.417. The Morgan fingerprint density at radius 3 is 2.45 bits per heavy atom. The number of hydrogen-bond acceptors (Lipinski definition) is 4. The minimum absolute atomic E-state index is 0.0183. The van der Waals surface area contributed by atoms with Crippen LogP contribution in [0.4, 0.5) is 17.3 Å². The number of fused-ring (bicyclic) bond motifs is 3. The van der Waals surface area contributed by atoms with Gasteiger partial charge in [0.05, 0.1) is 11.9 Å². The summed E-state index contributed by atoms with van der Waals surface area (Å²) in [5, 5.41) is 0. The van der Waals surface area contributed by atoms with Crippen molar-refractivity contribution in [2.45, 2.75) is 59.0 Å². The Kier molecular flexibility index (Phi) is 4.97. The van der Waals surface area contributed by atoms with Gasteiger partial charge in [-0.05, 0) is 25.0 Å². The van der Waals surface area contributed by atoms with E-state index < -0.39 is 0 Å². The number of aromatic nitrogens is 2. The van der Waals surface area contributed by atoms with Gasteiger partial charge in [-0.2, -0.15) is 0 Å². The zero-order chi connectivity index (χ0) is 20.6. The van der Waals surface area contributed by atoms with Gasteiger partial charge in [-0.15, -0.1) is 0 Å². The van der Waals surface area contributed by atoms with E-state index in [1.54, 1.807) is 0 Å². The molecule has 29 heavy (non-hydrogen) atoms. The van der Waals surface area contributed by atoms with Crippen LogP contribution in [-0.4, -0.2) is 22.7 Å². The maximum absolute atomic E-state index is 5.09. The molecular formula is C25H32N4. The quantitative estimate of drug-likeness (QED) is 0.600. The molecule has 1 spiro atoms. The molecule has 0 N–H and O–H groups in total. The average Bonchev–Trinajstić information content (AvgIpc) is 3.22. The van der Waals surface area contributed by atoms with Crippen LogP contribution in [0.3, 0.4) is 0 Å². The number of nitrogens with zero attached hydrogens (tertiary/aromatic N) is 4. The number of rotatable bonds is 1. The average molecular weight is 389 g/mol. The predicted octanol–water partition coefficient (Wildman–Crippen LogP) is 5.99. The lowest BCUT2D eigenvalue weighted by atomic mass is 9.80. The molecule has 152 valence electrons. The van der Waals surface area contributed by atoms with E-state index in [0.717, 1.165) is 36.7 Å². The van der Waals surface area contributed by atoms with Crippen LogP contribution in [0.1, 0.15) is 53.2 Å². The van der Waals surface area contributed by atoms with Crippen LogP contribution in [0.5, 0.6) is 0 Å². The second-order valence-corrected chi connectivity index (χ2v) is 9.02. The molecule has 0 amide bonds. The van der Waals surface area contributed by atoms with Crippen molar-refractivity contribution >= 4 is 17.3 Å². The maximum atomic E-state index is 5.09. The van der Waals surface area contributed by atoms with Crippen LogP contribution in [0.15, 0.2) is 60.8 Å². The molecule has 1 aromatic heterocycles. The zero-order valence-electron chi connectivity index (χ0n) is 18.3. The number of benzene rings is 1. The number of allylic oxidation sites excluding steroid dienone is 3. The van der Waals surface area contributed by atoms with Gasteiger partial charge in [0.1, 0.15) is 6.17 Å². The van der Waals surface area contributed by atoms with Crippen LogP contribution in [-0.2, 0) is 5.41 Å². The SMILES string of the molecule is CC.CC(C)(C)c1cnc2c(n1)N(c1ccccc1)C1CC3(C=CC=CC3)CN21. The molecule has 4 nitrogen and oxygen atoms in total. The van der Waals surface area contributed by atoms with Crippen molar-refractivity contribution in [3.8, 4) is 0 Å². The third-order valence-corrected chi connectivity index (χ3v) is 5.99. The zero-order valence-corrected chi connectivity index (χ0v) is 18.3. The van der Waals surface area contributed by atoms with Crippen LogP contribution in [0.25, 0.3) is 0 Å². The molecule has 3 aliphatic rings. The summed E-state index contributed by atoms with van der Waals surface area (Å²) in [5.74, 6) is 2.03. The summed E-state index contributed by atoms with van der Waals surface area (Å²) in [6.07, 6.45) is 13.5. The molecule has 3 heterocycles. The van der Waals surface area contributed by atoms with E-state index in [4.69, 9.17) is 9.97 Å². The van der Waals surface area contributed by atoms with Crippen LogP contribution < -0.4 is 9.80 Å². The molecule has 0 saturated carbocycles. The second kappa shape index (κ2) is 7.33. The second-order valence-electron chi connectivity index (χ2n) is 9.02. The smallest absolute Gasteiger partial charge is 0.178 e. The first-order valence-corrected chi connectivity index (χ1v) is 10.8. The first-order valence-electron chi connectivity index (χ1n) is 10.8. The fourth-order valence-electron chi connectivity index (χ4n) is 4.53. The highest BCUT2D eigenvalue weighted by atomic mass is 15.5. The molecule has 1 aromatic carbocycles. The lowest BCUT2D eigenvalue weighted by Crippen LogP contribution is -2.35. The number of para-hydroxylation sites is 1. The molecule has 2 unspecified atom stereocenters. The summed E-state index contributed by atoms with van der Waals surface area (Å²) in [5.41, 5.74) is 2.42. The molecule has 5 rings (SSSR count). The van der Waals surface area contributed by atoms with Crippen molar-refractivity contribution in [3.05, 3.63) is 66.5 Å². The van der Waals surface area contributed by atoms with E-state index in [9.17, 15) is 0 Å². The van der Waals surface area contributed by atoms with Crippen molar-refractivity contribution in [2.75, 3.05) is 16.3 Å². The van der Waals surface area contributed by atoms with Crippen molar-refractivity contribution in [3.63, 3.8) is 0 Å². The van der Waals surface area contributed by atoms with Crippen molar-refractivity contribution in [1.29, 1.82) is 0 Å². The third kappa shape index (κ3) is 3.35. The molecule has 2 aliphatic heterocycles. The maximum Gasteiger partial charge on any atom is 0.178 e. The molecule has 0 radical (unpaired) electrons. The van der Waals surface area contributed by atoms with Gasteiger partial charge < -0.3 is 9.80 Å². The van der Waals surface area contributed by atoms with Gasteiger partial charge in [0, 0.05) is 23.1 Å². The minimum Gasteiger partial charge on any atom is -0.332 e. The lowest BCUT2D eigenvalue weighted by Gasteiger charge is -2.29. The van der Waals surface area contributed by atoms with Crippen molar-refractivity contribution in [2.24, 2.45) is 5.41 Å². The molecule has 1 saturated heterocycles. The molecule has 2 atom stereocenters. The molecule has 0 bridgehead atoms. The Balaban J connectivity index is 0.000000994. The van der Waals surface area contributed by atoms with Gasteiger partial charge in [0.2, 0.25) is 0 Å². The molecule has 1 aliphatic carbocycles. The van der Waals surface area contributed by atoms with Gasteiger partial charge in [-0.25, -0.2) is 9.97 Å². The Morgan fingerprint density at radius 2 is 1.79 bits per heavy atom. The van der Waals surface area contributed by atoms with E-state index in [-0.39, 0.29) is 17.0 Å². The normalized spacial score (nSPS) is 24.4. The van der Waals surface area contributed by atoms with Crippen LogP contribution in [0.2, 0.25) is 0 Å². The van der Waals surface area contributed by atoms with Crippen molar-refractivity contribution < 1.29 is 0 Å². The molecule has 4 heteroatoms.